The fourth-order valence-electron chi connectivity index (χ4n) is 4.00. The molecule has 0 unspecified atom stereocenters. The van der Waals surface area contributed by atoms with Crippen LogP contribution in [0.3, 0.4) is 0 Å². The lowest BCUT2D eigenvalue weighted by Gasteiger charge is -2.40. The Balaban J connectivity index is 2.23. The Labute approximate surface area is 146 Å². The Morgan fingerprint density at radius 3 is 2.60 bits per heavy atom. The molecule has 0 saturated heterocycles. The second-order valence-electron chi connectivity index (χ2n) is 6.81. The highest BCUT2D eigenvalue weighted by Gasteiger charge is 2.49. The van der Waals surface area contributed by atoms with Crippen LogP contribution in [0.15, 0.2) is 22.7 Å². The van der Waals surface area contributed by atoms with E-state index in [0.717, 1.165) is 11.1 Å². The van der Waals surface area contributed by atoms with Crippen molar-refractivity contribution < 1.29 is 23.9 Å². The minimum absolute atomic E-state index is 0.0731. The molecule has 1 aliphatic rings. The number of aryl methyl sites for hydroxylation is 1. The molecular formula is C19H23NO5. The molecule has 2 aromatic rings. The van der Waals surface area contributed by atoms with Crippen LogP contribution in [-0.4, -0.2) is 35.9 Å². The van der Waals surface area contributed by atoms with E-state index < -0.39 is 11.5 Å². The first kappa shape index (κ1) is 17.5. The zero-order valence-corrected chi connectivity index (χ0v) is 15.1. The van der Waals surface area contributed by atoms with Crippen molar-refractivity contribution in [2.75, 3.05) is 14.2 Å². The van der Waals surface area contributed by atoms with Gasteiger partial charge in [-0.15, -0.1) is 0 Å². The van der Waals surface area contributed by atoms with E-state index in [9.17, 15) is 9.90 Å². The van der Waals surface area contributed by atoms with Gasteiger partial charge in [-0.05, 0) is 38.5 Å². The predicted molar refractivity (Wildman–Crippen MR) is 91.1 cm³/mol. The molecule has 1 aromatic carbocycles. The molecule has 1 aliphatic carbocycles. The fraction of sp³-hybridized carbons (Fsp3) is 0.474. The second-order valence-corrected chi connectivity index (χ2v) is 6.81. The number of ether oxygens (including phenoxy) is 2. The van der Waals surface area contributed by atoms with E-state index in [1.165, 1.54) is 6.92 Å². The lowest BCUT2D eigenvalue weighted by atomic mass is 9.64. The van der Waals surface area contributed by atoms with Crippen LogP contribution < -0.4 is 9.47 Å². The molecule has 0 saturated carbocycles. The maximum atomic E-state index is 12.5. The molecule has 3 atom stereocenters. The van der Waals surface area contributed by atoms with Gasteiger partial charge in [-0.2, -0.15) is 0 Å². The van der Waals surface area contributed by atoms with E-state index >= 15 is 0 Å². The van der Waals surface area contributed by atoms with Crippen LogP contribution >= 0.6 is 0 Å². The summed E-state index contributed by atoms with van der Waals surface area (Å²) < 4.78 is 16.1. The SMILES string of the molecule is COc1ccc([C@H]2c3c(noc3C)C[C@@](C)(O)[C@@H]2C(C)=O)cc1OC. The van der Waals surface area contributed by atoms with Crippen LogP contribution in [0.4, 0.5) is 0 Å². The molecule has 0 radical (unpaired) electrons. The summed E-state index contributed by atoms with van der Waals surface area (Å²) >= 11 is 0. The molecule has 0 fully saturated rings. The molecule has 25 heavy (non-hydrogen) atoms. The van der Waals surface area contributed by atoms with Gasteiger partial charge in [0, 0.05) is 17.9 Å². The van der Waals surface area contributed by atoms with Crippen molar-refractivity contribution in [3.05, 3.63) is 40.8 Å². The van der Waals surface area contributed by atoms with Gasteiger partial charge in [0.2, 0.25) is 0 Å². The van der Waals surface area contributed by atoms with Crippen molar-refractivity contribution in [2.45, 2.75) is 38.7 Å². The van der Waals surface area contributed by atoms with Crippen LogP contribution in [0.2, 0.25) is 0 Å². The number of carbonyl (C=O) groups excluding carboxylic acids is 1. The maximum Gasteiger partial charge on any atom is 0.161 e. The fourth-order valence-corrected chi connectivity index (χ4v) is 4.00. The van der Waals surface area contributed by atoms with Crippen LogP contribution in [0.1, 0.15) is 42.3 Å². The number of aromatic nitrogens is 1. The summed E-state index contributed by atoms with van der Waals surface area (Å²) in [5.74, 6) is 0.810. The Bertz CT molecular complexity index is 808. The number of Topliss-reactive ketones (excluding diaryl/α,β-unsaturated/α-hetero) is 1. The van der Waals surface area contributed by atoms with Gasteiger partial charge >= 0.3 is 0 Å². The van der Waals surface area contributed by atoms with Gasteiger partial charge in [0.1, 0.15) is 11.5 Å². The average molecular weight is 345 g/mol. The first-order chi connectivity index (χ1) is 11.8. The van der Waals surface area contributed by atoms with E-state index in [4.69, 9.17) is 14.0 Å². The van der Waals surface area contributed by atoms with Crippen molar-refractivity contribution in [1.29, 1.82) is 0 Å². The summed E-state index contributed by atoms with van der Waals surface area (Å²) in [6.45, 7) is 5.03. The summed E-state index contributed by atoms with van der Waals surface area (Å²) in [5.41, 5.74) is 1.21. The molecule has 134 valence electrons. The van der Waals surface area contributed by atoms with Crippen molar-refractivity contribution >= 4 is 5.78 Å². The highest BCUT2D eigenvalue weighted by molar-refractivity contribution is 5.82. The Kier molecular flexibility index (Phi) is 4.33. The number of ketones is 1. The minimum atomic E-state index is -1.21. The molecule has 0 aliphatic heterocycles. The van der Waals surface area contributed by atoms with Crippen LogP contribution in [-0.2, 0) is 11.2 Å². The lowest BCUT2D eigenvalue weighted by molar-refractivity contribution is -0.130. The number of aliphatic hydroxyl groups is 1. The third-order valence-corrected chi connectivity index (χ3v) is 5.03. The first-order valence-corrected chi connectivity index (χ1v) is 8.20. The number of hydrogen-bond acceptors (Lipinski definition) is 6. The number of methoxy groups -OCH3 is 2. The lowest BCUT2D eigenvalue weighted by Crippen LogP contribution is -2.48. The highest BCUT2D eigenvalue weighted by Crippen LogP contribution is 2.48. The minimum Gasteiger partial charge on any atom is -0.493 e. The van der Waals surface area contributed by atoms with Crippen LogP contribution in [0.25, 0.3) is 0 Å². The van der Waals surface area contributed by atoms with Gasteiger partial charge < -0.3 is 19.1 Å². The van der Waals surface area contributed by atoms with E-state index in [2.05, 4.69) is 5.16 Å². The molecule has 3 rings (SSSR count). The molecular weight excluding hydrogens is 322 g/mol. The van der Waals surface area contributed by atoms with Gasteiger partial charge in [0.25, 0.3) is 0 Å². The van der Waals surface area contributed by atoms with Gasteiger partial charge in [-0.3, -0.25) is 4.79 Å². The van der Waals surface area contributed by atoms with E-state index in [0.29, 0.717) is 23.0 Å². The zero-order valence-electron chi connectivity index (χ0n) is 15.1. The number of fused-ring (bicyclic) bond motifs is 1. The quantitative estimate of drug-likeness (QED) is 0.917. The predicted octanol–water partition coefficient (Wildman–Crippen LogP) is 2.64. The maximum absolute atomic E-state index is 12.5. The monoisotopic (exact) mass is 345 g/mol. The summed E-state index contributed by atoms with van der Waals surface area (Å²) in [7, 11) is 3.14. The molecule has 1 N–H and O–H groups in total. The van der Waals surface area contributed by atoms with Crippen LogP contribution in [0.5, 0.6) is 11.5 Å². The van der Waals surface area contributed by atoms with E-state index in [1.807, 2.05) is 19.1 Å². The molecule has 0 amide bonds. The van der Waals surface area contributed by atoms with E-state index in [1.54, 1.807) is 27.2 Å². The van der Waals surface area contributed by atoms with Gasteiger partial charge in [0.15, 0.2) is 11.5 Å². The Morgan fingerprint density at radius 2 is 2.00 bits per heavy atom. The molecule has 1 aromatic heterocycles. The third-order valence-electron chi connectivity index (χ3n) is 5.03. The largest absolute Gasteiger partial charge is 0.493 e. The molecule has 0 bridgehead atoms. The third kappa shape index (κ3) is 2.80. The van der Waals surface area contributed by atoms with Gasteiger partial charge in [-0.25, -0.2) is 0 Å². The van der Waals surface area contributed by atoms with Crippen molar-refractivity contribution in [3.8, 4) is 11.5 Å². The van der Waals surface area contributed by atoms with Gasteiger partial charge in [-0.1, -0.05) is 11.2 Å². The van der Waals surface area contributed by atoms with E-state index in [-0.39, 0.29) is 18.1 Å². The number of hydrogen-bond donors (Lipinski definition) is 1. The molecule has 6 nitrogen and oxygen atoms in total. The summed E-state index contributed by atoms with van der Waals surface area (Å²) in [6.07, 6.45) is 0.285. The normalized spacial score (nSPS) is 25.4. The zero-order chi connectivity index (χ0) is 18.4. The Morgan fingerprint density at radius 1 is 1.32 bits per heavy atom. The highest BCUT2D eigenvalue weighted by atomic mass is 16.5. The van der Waals surface area contributed by atoms with Crippen molar-refractivity contribution in [3.63, 3.8) is 0 Å². The standard InChI is InChI=1S/C19H23NO5/c1-10(21)18-17(12-6-7-14(23-4)15(8-12)24-5)16-11(2)25-20-13(16)9-19(18,3)22/h6-8,17-18,22H,9H2,1-5H3/t17-,18+,19+/m0/s1. The summed E-state index contributed by atoms with van der Waals surface area (Å²) in [4.78, 5) is 12.5. The van der Waals surface area contributed by atoms with Gasteiger partial charge in [0.05, 0.1) is 31.4 Å². The van der Waals surface area contributed by atoms with Crippen molar-refractivity contribution in [2.24, 2.45) is 5.92 Å². The smallest absolute Gasteiger partial charge is 0.161 e. The number of benzene rings is 1. The van der Waals surface area contributed by atoms with Crippen LogP contribution in [0, 0.1) is 12.8 Å². The number of carbonyl (C=O) groups is 1. The number of rotatable bonds is 4. The first-order valence-electron chi connectivity index (χ1n) is 8.20. The number of nitrogens with zero attached hydrogens (tertiary/aromatic N) is 1. The summed E-state index contributed by atoms with van der Waals surface area (Å²) in [5, 5.41) is 15.1. The summed E-state index contributed by atoms with van der Waals surface area (Å²) in [6, 6.07) is 5.54. The second kappa shape index (κ2) is 6.19. The molecule has 6 heteroatoms. The molecule has 0 spiro atoms. The molecule has 1 heterocycles. The average Bonchev–Trinajstić information content (AvgIpc) is 2.91. The Hall–Kier alpha value is -2.34. The topological polar surface area (TPSA) is 81.8 Å². The van der Waals surface area contributed by atoms with Crippen molar-refractivity contribution in [1.82, 2.24) is 5.16 Å².